The molecular weight excluding hydrogens is 268 g/mol. The molecule has 1 fully saturated rings. The normalized spacial score (nSPS) is 23.7. The fourth-order valence-electron chi connectivity index (χ4n) is 2.96. The number of nitrogens with one attached hydrogen (secondary N) is 1. The number of anilines is 1. The number of hydrogen-bond acceptors (Lipinski definition) is 2. The molecule has 1 N–H and O–H groups in total. The average molecular weight is 295 g/mol. The van der Waals surface area contributed by atoms with Gasteiger partial charge in [0.2, 0.25) is 0 Å². The molecule has 0 bridgehead atoms. The summed E-state index contributed by atoms with van der Waals surface area (Å²) in [6.07, 6.45) is 0. The fraction of sp³-hybridized carbons (Fsp3) is 0.647. The molecule has 0 aromatic heterocycles. The maximum Gasteiger partial charge on any atom is 0.0642 e. The first kappa shape index (κ1) is 15.7. The van der Waals surface area contributed by atoms with Crippen LogP contribution in [0.4, 0.5) is 5.69 Å². The van der Waals surface area contributed by atoms with Gasteiger partial charge >= 0.3 is 0 Å². The van der Waals surface area contributed by atoms with Crippen molar-refractivity contribution >= 4 is 17.3 Å². The molecule has 0 spiro atoms. The van der Waals surface area contributed by atoms with E-state index in [0.29, 0.717) is 23.9 Å². The number of halogens is 1. The van der Waals surface area contributed by atoms with Crippen LogP contribution in [-0.4, -0.2) is 25.2 Å². The van der Waals surface area contributed by atoms with Crippen molar-refractivity contribution in [2.24, 2.45) is 11.8 Å². The molecule has 1 heterocycles. The van der Waals surface area contributed by atoms with Gasteiger partial charge in [0.15, 0.2) is 0 Å². The van der Waals surface area contributed by atoms with Crippen molar-refractivity contribution in [3.8, 4) is 0 Å². The molecule has 2 atom stereocenters. The molecule has 2 unspecified atom stereocenters. The van der Waals surface area contributed by atoms with Gasteiger partial charge < -0.3 is 10.2 Å². The summed E-state index contributed by atoms with van der Waals surface area (Å²) < 4.78 is 0. The number of piperazine rings is 1. The van der Waals surface area contributed by atoms with Crippen LogP contribution in [0.1, 0.15) is 33.3 Å². The number of nitrogens with zero attached hydrogens (tertiary/aromatic N) is 1. The molecule has 1 aliphatic heterocycles. The molecule has 1 aliphatic rings. The number of benzene rings is 1. The highest BCUT2D eigenvalue weighted by Gasteiger charge is 2.32. The summed E-state index contributed by atoms with van der Waals surface area (Å²) in [5, 5.41) is 4.57. The van der Waals surface area contributed by atoms with Crippen LogP contribution in [0.15, 0.2) is 18.2 Å². The topological polar surface area (TPSA) is 15.3 Å². The summed E-state index contributed by atoms with van der Waals surface area (Å²) in [6, 6.07) is 7.44. The van der Waals surface area contributed by atoms with Gasteiger partial charge in [-0.3, -0.25) is 0 Å². The Morgan fingerprint density at radius 3 is 2.45 bits per heavy atom. The lowest BCUT2D eigenvalue weighted by Crippen LogP contribution is -2.60. The van der Waals surface area contributed by atoms with Gasteiger partial charge in [-0.05, 0) is 36.5 Å². The van der Waals surface area contributed by atoms with Gasteiger partial charge in [-0.15, -0.1) is 0 Å². The first-order valence-corrected chi connectivity index (χ1v) is 8.04. The van der Waals surface area contributed by atoms with Crippen LogP contribution in [0, 0.1) is 18.8 Å². The van der Waals surface area contributed by atoms with Crippen molar-refractivity contribution in [1.82, 2.24) is 5.32 Å². The van der Waals surface area contributed by atoms with Crippen LogP contribution in [0.3, 0.4) is 0 Å². The highest BCUT2D eigenvalue weighted by molar-refractivity contribution is 6.33. The zero-order valence-corrected chi connectivity index (χ0v) is 14.0. The predicted molar refractivity (Wildman–Crippen MR) is 88.8 cm³/mol. The molecular formula is C17H27ClN2. The second-order valence-corrected chi connectivity index (χ2v) is 7.08. The smallest absolute Gasteiger partial charge is 0.0642 e. The summed E-state index contributed by atoms with van der Waals surface area (Å²) in [5.41, 5.74) is 2.40. The molecule has 20 heavy (non-hydrogen) atoms. The Kier molecular flexibility index (Phi) is 4.98. The standard InChI is InChI=1S/C17H27ClN2/c1-11(2)15-10-20(17(9-19-15)12(3)4)16-7-6-13(5)8-14(16)18/h6-8,11-12,15,17,19H,9-10H2,1-5H3. The summed E-state index contributed by atoms with van der Waals surface area (Å²) >= 11 is 6.50. The summed E-state index contributed by atoms with van der Waals surface area (Å²) in [4.78, 5) is 2.51. The van der Waals surface area contributed by atoms with Gasteiger partial charge in [0.25, 0.3) is 0 Å². The average Bonchev–Trinajstić information content (AvgIpc) is 2.37. The van der Waals surface area contributed by atoms with Crippen molar-refractivity contribution in [3.63, 3.8) is 0 Å². The largest absolute Gasteiger partial charge is 0.364 e. The molecule has 2 nitrogen and oxygen atoms in total. The molecule has 0 amide bonds. The van der Waals surface area contributed by atoms with E-state index in [1.807, 2.05) is 0 Å². The van der Waals surface area contributed by atoms with Crippen molar-refractivity contribution < 1.29 is 0 Å². The third-order valence-corrected chi connectivity index (χ3v) is 4.67. The molecule has 1 aromatic carbocycles. The third kappa shape index (κ3) is 3.29. The monoisotopic (exact) mass is 294 g/mol. The van der Waals surface area contributed by atoms with Crippen molar-refractivity contribution in [1.29, 1.82) is 0 Å². The van der Waals surface area contributed by atoms with Crippen LogP contribution in [0.25, 0.3) is 0 Å². The molecule has 1 saturated heterocycles. The van der Waals surface area contributed by atoms with E-state index in [2.05, 4.69) is 63.0 Å². The molecule has 1 aromatic rings. The lowest BCUT2D eigenvalue weighted by Gasteiger charge is -2.45. The maximum absolute atomic E-state index is 6.50. The summed E-state index contributed by atoms with van der Waals surface area (Å²) in [6.45, 7) is 13.3. The molecule has 2 rings (SSSR count). The van der Waals surface area contributed by atoms with E-state index < -0.39 is 0 Å². The van der Waals surface area contributed by atoms with Crippen LogP contribution in [0.2, 0.25) is 5.02 Å². The van der Waals surface area contributed by atoms with Crippen molar-refractivity contribution in [3.05, 3.63) is 28.8 Å². The van der Waals surface area contributed by atoms with Crippen LogP contribution < -0.4 is 10.2 Å². The Hall–Kier alpha value is -0.730. The predicted octanol–water partition coefficient (Wildman–Crippen LogP) is 4.11. The van der Waals surface area contributed by atoms with Gasteiger partial charge in [-0.25, -0.2) is 0 Å². The van der Waals surface area contributed by atoms with E-state index in [0.717, 1.165) is 18.1 Å². The first-order valence-electron chi connectivity index (χ1n) is 7.66. The van der Waals surface area contributed by atoms with Crippen LogP contribution in [-0.2, 0) is 0 Å². The van der Waals surface area contributed by atoms with E-state index >= 15 is 0 Å². The quantitative estimate of drug-likeness (QED) is 0.902. The Morgan fingerprint density at radius 2 is 1.90 bits per heavy atom. The van der Waals surface area contributed by atoms with Crippen LogP contribution in [0.5, 0.6) is 0 Å². The lowest BCUT2D eigenvalue weighted by atomic mass is 9.93. The molecule has 0 aliphatic carbocycles. The van der Waals surface area contributed by atoms with E-state index in [1.165, 1.54) is 11.3 Å². The second kappa shape index (κ2) is 6.36. The van der Waals surface area contributed by atoms with Gasteiger partial charge in [-0.1, -0.05) is 45.4 Å². The first-order chi connectivity index (χ1) is 9.40. The Morgan fingerprint density at radius 1 is 1.20 bits per heavy atom. The van der Waals surface area contributed by atoms with E-state index in [9.17, 15) is 0 Å². The molecule has 0 radical (unpaired) electrons. The highest BCUT2D eigenvalue weighted by Crippen LogP contribution is 2.32. The fourth-order valence-corrected chi connectivity index (χ4v) is 3.30. The van der Waals surface area contributed by atoms with Gasteiger partial charge in [0.05, 0.1) is 10.7 Å². The molecule has 3 heteroatoms. The Labute approximate surface area is 128 Å². The molecule has 0 saturated carbocycles. The van der Waals surface area contributed by atoms with E-state index in [-0.39, 0.29) is 0 Å². The van der Waals surface area contributed by atoms with Gasteiger partial charge in [0.1, 0.15) is 0 Å². The summed E-state index contributed by atoms with van der Waals surface area (Å²) in [7, 11) is 0. The van der Waals surface area contributed by atoms with Crippen molar-refractivity contribution in [2.75, 3.05) is 18.0 Å². The second-order valence-electron chi connectivity index (χ2n) is 6.68. The SMILES string of the molecule is Cc1ccc(N2CC(C(C)C)NCC2C(C)C)c(Cl)c1. The minimum Gasteiger partial charge on any atom is -0.364 e. The summed E-state index contributed by atoms with van der Waals surface area (Å²) in [5.74, 6) is 1.24. The van der Waals surface area contributed by atoms with E-state index in [1.54, 1.807) is 0 Å². The maximum atomic E-state index is 6.50. The Balaban J connectivity index is 2.31. The minimum atomic E-state index is 0.505. The molecule has 112 valence electrons. The number of rotatable bonds is 3. The zero-order valence-electron chi connectivity index (χ0n) is 13.3. The highest BCUT2D eigenvalue weighted by atomic mass is 35.5. The lowest BCUT2D eigenvalue weighted by molar-refractivity contribution is 0.295. The van der Waals surface area contributed by atoms with Gasteiger partial charge in [-0.2, -0.15) is 0 Å². The van der Waals surface area contributed by atoms with Gasteiger partial charge in [0, 0.05) is 25.2 Å². The van der Waals surface area contributed by atoms with E-state index in [4.69, 9.17) is 11.6 Å². The third-order valence-electron chi connectivity index (χ3n) is 4.37. The number of hydrogen-bond donors (Lipinski definition) is 1. The zero-order chi connectivity index (χ0) is 14.9. The minimum absolute atomic E-state index is 0.505. The van der Waals surface area contributed by atoms with Crippen LogP contribution >= 0.6 is 11.6 Å². The van der Waals surface area contributed by atoms with Crippen molar-refractivity contribution in [2.45, 2.75) is 46.7 Å². The Bertz CT molecular complexity index is 456. The number of aryl methyl sites for hydroxylation is 1.